The van der Waals surface area contributed by atoms with Crippen molar-refractivity contribution in [1.29, 1.82) is 0 Å². The van der Waals surface area contributed by atoms with Crippen molar-refractivity contribution in [3.05, 3.63) is 63.9 Å². The van der Waals surface area contributed by atoms with Crippen LogP contribution in [0, 0.1) is 6.92 Å². The molecule has 0 bridgehead atoms. The Morgan fingerprint density at radius 2 is 1.92 bits per heavy atom. The van der Waals surface area contributed by atoms with Crippen LogP contribution < -0.4 is 16.1 Å². The number of nitrogens with two attached hydrogens (primary N) is 1. The Bertz CT molecular complexity index is 812. The largest absolute Gasteiger partial charge is 0.383 e. The number of allylic oxidation sites excluding steroid dienone is 1. The zero-order chi connectivity index (χ0) is 17.4. The summed E-state index contributed by atoms with van der Waals surface area (Å²) in [6, 6.07) is 10.5. The molecule has 0 spiro atoms. The van der Waals surface area contributed by atoms with Gasteiger partial charge in [0.25, 0.3) is 0 Å². The predicted molar refractivity (Wildman–Crippen MR) is 100 cm³/mol. The molecule has 0 aliphatic carbocycles. The quantitative estimate of drug-likeness (QED) is 0.784. The van der Waals surface area contributed by atoms with Gasteiger partial charge in [-0.3, -0.25) is 0 Å². The first-order valence-corrected chi connectivity index (χ1v) is 8.59. The van der Waals surface area contributed by atoms with Crippen molar-refractivity contribution in [3.8, 4) is 16.9 Å². The lowest BCUT2D eigenvalue weighted by molar-refractivity contribution is 0.225. The molecule has 4 heteroatoms. The van der Waals surface area contributed by atoms with Crippen LogP contribution in [0.1, 0.15) is 49.3 Å². The van der Waals surface area contributed by atoms with Gasteiger partial charge in [-0.1, -0.05) is 44.5 Å². The zero-order valence-corrected chi connectivity index (χ0v) is 15.2. The lowest BCUT2D eigenvalue weighted by Crippen LogP contribution is -2.23. The molecule has 2 aromatic carbocycles. The summed E-state index contributed by atoms with van der Waals surface area (Å²) < 4.78 is 0. The van der Waals surface area contributed by atoms with E-state index < -0.39 is 0 Å². The number of hydrogen-bond donors (Lipinski definition) is 2. The molecule has 3 N–H and O–H groups in total. The third-order valence-electron chi connectivity index (χ3n) is 4.46. The van der Waals surface area contributed by atoms with E-state index in [2.05, 4.69) is 50.5 Å². The van der Waals surface area contributed by atoms with Crippen molar-refractivity contribution >= 4 is 11.6 Å². The van der Waals surface area contributed by atoms with Gasteiger partial charge in [-0.05, 0) is 53.8 Å². The second kappa shape index (κ2) is 6.40. The molecule has 0 aromatic heterocycles. The first-order valence-electron chi connectivity index (χ1n) is 8.21. The third kappa shape index (κ3) is 3.09. The summed E-state index contributed by atoms with van der Waals surface area (Å²) in [7, 11) is 0. The summed E-state index contributed by atoms with van der Waals surface area (Å²) in [6.07, 6.45) is 1.97. The summed E-state index contributed by atoms with van der Waals surface area (Å²) in [6.45, 7) is 8.46. The van der Waals surface area contributed by atoms with Gasteiger partial charge in [0.1, 0.15) is 5.82 Å². The molecule has 1 atom stereocenters. The van der Waals surface area contributed by atoms with E-state index >= 15 is 0 Å². The molecule has 0 saturated heterocycles. The van der Waals surface area contributed by atoms with E-state index in [1.165, 1.54) is 0 Å². The maximum Gasteiger partial charge on any atom is 0.162 e. The molecule has 0 fully saturated rings. The van der Waals surface area contributed by atoms with Crippen LogP contribution in [0.4, 0.5) is 0 Å². The Balaban J connectivity index is 2.20. The first kappa shape index (κ1) is 16.7. The molecule has 1 heterocycles. The normalized spacial score (nSPS) is 16.8. The highest BCUT2D eigenvalue weighted by Crippen LogP contribution is 2.40. The van der Waals surface area contributed by atoms with Crippen LogP contribution in [0.5, 0.6) is 5.75 Å². The van der Waals surface area contributed by atoms with Crippen LogP contribution in [-0.4, -0.2) is 0 Å². The Hall–Kier alpha value is -2.13. The predicted octanol–water partition coefficient (Wildman–Crippen LogP) is 5.24. The number of halogens is 1. The number of hydroxylamine groups is 1. The van der Waals surface area contributed by atoms with Gasteiger partial charge < -0.3 is 10.6 Å². The molecular weight excluding hydrogens is 320 g/mol. The Morgan fingerprint density at radius 3 is 2.58 bits per heavy atom. The van der Waals surface area contributed by atoms with E-state index in [1.54, 1.807) is 0 Å². The molecule has 1 aliphatic heterocycles. The minimum Gasteiger partial charge on any atom is -0.383 e. The number of nitrogens with one attached hydrogen (secondary N) is 1. The zero-order valence-electron chi connectivity index (χ0n) is 14.5. The highest BCUT2D eigenvalue weighted by Gasteiger charge is 2.22. The SMILES string of the molecule is Cc1ccc(-c2cc(C(C)C)c3c(c2)C(C)C=C(N)NO3)cc1Cl. The van der Waals surface area contributed by atoms with Crippen LogP contribution >= 0.6 is 11.6 Å². The van der Waals surface area contributed by atoms with E-state index in [9.17, 15) is 0 Å². The maximum atomic E-state index is 6.32. The van der Waals surface area contributed by atoms with Gasteiger partial charge in [0.2, 0.25) is 0 Å². The third-order valence-corrected chi connectivity index (χ3v) is 4.87. The molecule has 3 nitrogen and oxygen atoms in total. The van der Waals surface area contributed by atoms with Crippen LogP contribution in [0.15, 0.2) is 42.2 Å². The molecular formula is C20H23ClN2O. The van der Waals surface area contributed by atoms with E-state index in [0.717, 1.165) is 38.6 Å². The van der Waals surface area contributed by atoms with Gasteiger partial charge in [0.15, 0.2) is 5.75 Å². The molecule has 1 aliphatic rings. The Morgan fingerprint density at radius 1 is 1.17 bits per heavy atom. The number of aryl methyl sites for hydroxylation is 1. The lowest BCUT2D eigenvalue weighted by Gasteiger charge is -2.19. The van der Waals surface area contributed by atoms with Crippen molar-refractivity contribution in [2.24, 2.45) is 5.73 Å². The number of rotatable bonds is 2. The molecule has 0 amide bonds. The summed E-state index contributed by atoms with van der Waals surface area (Å²) in [4.78, 5) is 5.79. The summed E-state index contributed by atoms with van der Waals surface area (Å²) in [5.74, 6) is 1.89. The minimum absolute atomic E-state index is 0.161. The molecule has 3 rings (SSSR count). The molecule has 0 saturated carbocycles. The lowest BCUT2D eigenvalue weighted by atomic mass is 9.88. The van der Waals surface area contributed by atoms with Crippen molar-refractivity contribution in [1.82, 2.24) is 5.48 Å². The van der Waals surface area contributed by atoms with Crippen molar-refractivity contribution in [3.63, 3.8) is 0 Å². The van der Waals surface area contributed by atoms with E-state index in [-0.39, 0.29) is 5.92 Å². The van der Waals surface area contributed by atoms with Gasteiger partial charge in [-0.2, -0.15) is 0 Å². The molecule has 126 valence electrons. The van der Waals surface area contributed by atoms with Gasteiger partial charge in [0.05, 0.1) is 0 Å². The maximum absolute atomic E-state index is 6.32. The van der Waals surface area contributed by atoms with Gasteiger partial charge >= 0.3 is 0 Å². The van der Waals surface area contributed by atoms with Crippen molar-refractivity contribution < 1.29 is 4.84 Å². The Kier molecular flexibility index (Phi) is 4.46. The first-order chi connectivity index (χ1) is 11.4. The average Bonchev–Trinajstić information content (AvgIpc) is 2.68. The second-order valence-corrected chi connectivity index (χ2v) is 7.12. The monoisotopic (exact) mass is 342 g/mol. The Labute approximate surface area is 148 Å². The second-order valence-electron chi connectivity index (χ2n) is 6.72. The van der Waals surface area contributed by atoms with Crippen LogP contribution in [-0.2, 0) is 0 Å². The topological polar surface area (TPSA) is 47.3 Å². The highest BCUT2D eigenvalue weighted by molar-refractivity contribution is 6.31. The summed E-state index contributed by atoms with van der Waals surface area (Å²) in [5, 5.41) is 0.781. The summed E-state index contributed by atoms with van der Waals surface area (Å²) in [5.41, 5.74) is 14.4. The molecule has 24 heavy (non-hydrogen) atoms. The van der Waals surface area contributed by atoms with Gasteiger partial charge in [0, 0.05) is 22.1 Å². The van der Waals surface area contributed by atoms with E-state index in [0.29, 0.717) is 11.7 Å². The van der Waals surface area contributed by atoms with Crippen molar-refractivity contribution in [2.75, 3.05) is 0 Å². The molecule has 1 unspecified atom stereocenters. The van der Waals surface area contributed by atoms with Crippen molar-refractivity contribution in [2.45, 2.75) is 39.5 Å². The van der Waals surface area contributed by atoms with E-state index in [4.69, 9.17) is 22.2 Å². The number of benzene rings is 2. The standard InChI is InChI=1S/C20H23ClN2O/c1-11(2)16-8-15(14-6-5-12(3)18(21)10-14)9-17-13(4)7-19(22)23-24-20(16)17/h5-11,13,23H,22H2,1-4H3. The highest BCUT2D eigenvalue weighted by atomic mass is 35.5. The average molecular weight is 343 g/mol. The van der Waals surface area contributed by atoms with Crippen LogP contribution in [0.25, 0.3) is 11.1 Å². The molecule has 2 aromatic rings. The van der Waals surface area contributed by atoms with Gasteiger partial charge in [-0.15, -0.1) is 0 Å². The van der Waals surface area contributed by atoms with Crippen LogP contribution in [0.3, 0.4) is 0 Å². The minimum atomic E-state index is 0.161. The summed E-state index contributed by atoms with van der Waals surface area (Å²) >= 11 is 6.32. The fraction of sp³-hybridized carbons (Fsp3) is 0.300. The number of hydrogen-bond acceptors (Lipinski definition) is 3. The van der Waals surface area contributed by atoms with Gasteiger partial charge in [-0.25, -0.2) is 5.48 Å². The smallest absolute Gasteiger partial charge is 0.162 e. The van der Waals surface area contributed by atoms with E-state index in [1.807, 2.05) is 19.1 Å². The fourth-order valence-corrected chi connectivity index (χ4v) is 3.18. The number of fused-ring (bicyclic) bond motifs is 1. The molecule has 0 radical (unpaired) electrons. The van der Waals surface area contributed by atoms with Crippen LogP contribution in [0.2, 0.25) is 5.02 Å². The fourth-order valence-electron chi connectivity index (χ4n) is 3.00.